The van der Waals surface area contributed by atoms with E-state index in [1.54, 1.807) is 0 Å². The molecule has 0 aliphatic carbocycles. The van der Waals surface area contributed by atoms with Crippen molar-refractivity contribution < 1.29 is 14.3 Å². The summed E-state index contributed by atoms with van der Waals surface area (Å²) in [6.45, 7) is 3.73. The molecule has 1 aliphatic rings. The maximum Gasteiger partial charge on any atom is 0.254 e. The van der Waals surface area contributed by atoms with E-state index in [2.05, 4.69) is 20.6 Å². The van der Waals surface area contributed by atoms with Gasteiger partial charge < -0.3 is 20.1 Å². The number of rotatable bonds is 5. The second kappa shape index (κ2) is 6.95. The molecular formula is C16H18N4O3. The highest BCUT2D eigenvalue weighted by molar-refractivity contribution is 5.93. The first-order chi connectivity index (χ1) is 11.3. The first-order valence-electron chi connectivity index (χ1n) is 7.53. The van der Waals surface area contributed by atoms with Crippen LogP contribution in [0.25, 0.3) is 0 Å². The summed E-state index contributed by atoms with van der Waals surface area (Å²) in [5.74, 6) is 1.66. The van der Waals surface area contributed by atoms with Gasteiger partial charge in [-0.05, 0) is 18.6 Å². The van der Waals surface area contributed by atoms with Crippen LogP contribution in [0.3, 0.4) is 0 Å². The lowest BCUT2D eigenvalue weighted by Crippen LogP contribution is -2.24. The van der Waals surface area contributed by atoms with E-state index >= 15 is 0 Å². The first-order valence-corrected chi connectivity index (χ1v) is 7.53. The van der Waals surface area contributed by atoms with Gasteiger partial charge in [-0.2, -0.15) is 0 Å². The van der Waals surface area contributed by atoms with Crippen LogP contribution < -0.4 is 20.1 Å². The summed E-state index contributed by atoms with van der Waals surface area (Å²) in [6.07, 6.45) is 3.88. The van der Waals surface area contributed by atoms with Crippen LogP contribution in [-0.2, 0) is 0 Å². The normalized spacial score (nSPS) is 12.6. The molecule has 3 rings (SSSR count). The number of fused-ring (bicyclic) bond motifs is 1. The summed E-state index contributed by atoms with van der Waals surface area (Å²) in [7, 11) is 0. The number of amides is 1. The monoisotopic (exact) mass is 314 g/mol. The number of hydrogen-bond acceptors (Lipinski definition) is 6. The van der Waals surface area contributed by atoms with Crippen molar-refractivity contribution in [3.05, 3.63) is 36.2 Å². The van der Waals surface area contributed by atoms with Crippen molar-refractivity contribution in [2.24, 2.45) is 0 Å². The van der Waals surface area contributed by atoms with Crippen LogP contribution in [0.15, 0.2) is 30.6 Å². The van der Waals surface area contributed by atoms with Gasteiger partial charge in [0.05, 0.1) is 5.56 Å². The number of carbonyl (C=O) groups is 1. The fourth-order valence-corrected chi connectivity index (χ4v) is 2.10. The van der Waals surface area contributed by atoms with Crippen LogP contribution in [0.4, 0.5) is 11.6 Å². The van der Waals surface area contributed by atoms with Crippen LogP contribution in [0.2, 0.25) is 0 Å². The average Bonchev–Trinajstić information content (AvgIpc) is 2.60. The SMILES string of the molecule is CCCNC(=O)c1cnc(Nc2ccc3c(c2)OCCO3)nc1. The number of benzene rings is 1. The van der Waals surface area contributed by atoms with Crippen LogP contribution in [-0.4, -0.2) is 35.6 Å². The molecule has 0 atom stereocenters. The van der Waals surface area contributed by atoms with Gasteiger partial charge in [0, 0.05) is 30.7 Å². The Morgan fingerprint density at radius 1 is 1.17 bits per heavy atom. The zero-order valence-corrected chi connectivity index (χ0v) is 12.8. The van der Waals surface area contributed by atoms with Gasteiger partial charge in [0.25, 0.3) is 5.91 Å². The molecule has 0 radical (unpaired) electrons. The Bertz CT molecular complexity index is 688. The molecule has 2 N–H and O–H groups in total. The van der Waals surface area contributed by atoms with Gasteiger partial charge in [0.15, 0.2) is 11.5 Å². The highest BCUT2D eigenvalue weighted by Crippen LogP contribution is 2.33. The second-order valence-electron chi connectivity index (χ2n) is 5.03. The Morgan fingerprint density at radius 2 is 1.91 bits per heavy atom. The maximum atomic E-state index is 11.8. The average molecular weight is 314 g/mol. The molecule has 1 aliphatic heterocycles. The maximum absolute atomic E-state index is 11.8. The number of ether oxygens (including phenoxy) is 2. The predicted octanol–water partition coefficient (Wildman–Crippen LogP) is 2.13. The van der Waals surface area contributed by atoms with Crippen molar-refractivity contribution in [3.63, 3.8) is 0 Å². The van der Waals surface area contributed by atoms with E-state index in [-0.39, 0.29) is 5.91 Å². The smallest absolute Gasteiger partial charge is 0.254 e. The lowest BCUT2D eigenvalue weighted by atomic mass is 10.2. The fraction of sp³-hybridized carbons (Fsp3) is 0.312. The van der Waals surface area contributed by atoms with Crippen molar-refractivity contribution in [2.45, 2.75) is 13.3 Å². The molecule has 0 bridgehead atoms. The summed E-state index contributed by atoms with van der Waals surface area (Å²) >= 11 is 0. The van der Waals surface area contributed by atoms with Crippen molar-refractivity contribution in [1.29, 1.82) is 0 Å². The third-order valence-electron chi connectivity index (χ3n) is 3.25. The third-order valence-corrected chi connectivity index (χ3v) is 3.25. The lowest BCUT2D eigenvalue weighted by Gasteiger charge is -2.18. The molecule has 2 heterocycles. The minimum absolute atomic E-state index is 0.169. The Kier molecular flexibility index (Phi) is 4.56. The Hall–Kier alpha value is -2.83. The van der Waals surface area contributed by atoms with Gasteiger partial charge in [-0.25, -0.2) is 9.97 Å². The van der Waals surface area contributed by atoms with Crippen molar-refractivity contribution in [1.82, 2.24) is 15.3 Å². The number of aromatic nitrogens is 2. The van der Waals surface area contributed by atoms with Crippen molar-refractivity contribution in [3.8, 4) is 11.5 Å². The molecule has 2 aromatic rings. The zero-order chi connectivity index (χ0) is 16.1. The molecular weight excluding hydrogens is 296 g/mol. The molecule has 120 valence electrons. The van der Waals surface area contributed by atoms with Crippen LogP contribution in [0.1, 0.15) is 23.7 Å². The number of nitrogens with zero attached hydrogens (tertiary/aromatic N) is 2. The van der Waals surface area contributed by atoms with E-state index in [1.165, 1.54) is 12.4 Å². The van der Waals surface area contributed by atoms with Gasteiger partial charge in [-0.15, -0.1) is 0 Å². The largest absolute Gasteiger partial charge is 0.486 e. The molecule has 0 fully saturated rings. The second-order valence-corrected chi connectivity index (χ2v) is 5.03. The quantitative estimate of drug-likeness (QED) is 0.879. The van der Waals surface area contributed by atoms with Gasteiger partial charge in [-0.1, -0.05) is 6.92 Å². The summed E-state index contributed by atoms with van der Waals surface area (Å²) < 4.78 is 11.0. The fourth-order valence-electron chi connectivity index (χ4n) is 2.10. The number of hydrogen-bond donors (Lipinski definition) is 2. The molecule has 1 aromatic carbocycles. The summed E-state index contributed by atoms with van der Waals surface area (Å²) in [5, 5.41) is 5.86. The standard InChI is InChI=1S/C16H18N4O3/c1-2-5-17-15(21)11-9-18-16(19-10-11)20-12-3-4-13-14(8-12)23-7-6-22-13/h3-4,8-10H,2,5-7H2,1H3,(H,17,21)(H,18,19,20). The molecule has 1 aromatic heterocycles. The van der Waals surface area contributed by atoms with Gasteiger partial charge in [-0.3, -0.25) is 4.79 Å². The molecule has 0 unspecified atom stereocenters. The van der Waals surface area contributed by atoms with Crippen molar-refractivity contribution in [2.75, 3.05) is 25.1 Å². The highest BCUT2D eigenvalue weighted by Gasteiger charge is 2.12. The van der Waals surface area contributed by atoms with E-state index in [9.17, 15) is 4.79 Å². The van der Waals surface area contributed by atoms with Crippen LogP contribution in [0, 0.1) is 0 Å². The predicted molar refractivity (Wildman–Crippen MR) is 85.4 cm³/mol. The highest BCUT2D eigenvalue weighted by atomic mass is 16.6. The molecule has 23 heavy (non-hydrogen) atoms. The minimum atomic E-state index is -0.169. The lowest BCUT2D eigenvalue weighted by molar-refractivity contribution is 0.0953. The molecule has 0 saturated carbocycles. The minimum Gasteiger partial charge on any atom is -0.486 e. The number of nitrogens with one attached hydrogen (secondary N) is 2. The van der Waals surface area contributed by atoms with E-state index in [0.29, 0.717) is 37.0 Å². The molecule has 7 heteroatoms. The number of anilines is 2. The zero-order valence-electron chi connectivity index (χ0n) is 12.8. The van der Waals surface area contributed by atoms with Gasteiger partial charge in [0.2, 0.25) is 5.95 Å². The molecule has 7 nitrogen and oxygen atoms in total. The Morgan fingerprint density at radius 3 is 2.65 bits per heavy atom. The molecule has 0 saturated heterocycles. The Balaban J connectivity index is 1.67. The van der Waals surface area contributed by atoms with E-state index in [1.807, 2.05) is 25.1 Å². The Labute approximate surface area is 134 Å². The summed E-state index contributed by atoms with van der Waals surface area (Å²) in [6, 6.07) is 5.53. The third kappa shape index (κ3) is 3.68. The van der Waals surface area contributed by atoms with E-state index in [0.717, 1.165) is 17.9 Å². The van der Waals surface area contributed by atoms with Crippen LogP contribution in [0.5, 0.6) is 11.5 Å². The molecule has 0 spiro atoms. The summed E-state index contributed by atoms with van der Waals surface area (Å²) in [4.78, 5) is 20.1. The van der Waals surface area contributed by atoms with Crippen LogP contribution >= 0.6 is 0 Å². The van der Waals surface area contributed by atoms with E-state index in [4.69, 9.17) is 9.47 Å². The summed E-state index contributed by atoms with van der Waals surface area (Å²) in [5.41, 5.74) is 1.23. The van der Waals surface area contributed by atoms with E-state index < -0.39 is 0 Å². The van der Waals surface area contributed by atoms with Gasteiger partial charge in [0.1, 0.15) is 13.2 Å². The topological polar surface area (TPSA) is 85.4 Å². The van der Waals surface area contributed by atoms with Gasteiger partial charge >= 0.3 is 0 Å². The molecule has 1 amide bonds. The first kappa shape index (κ1) is 15.1. The van der Waals surface area contributed by atoms with Crippen molar-refractivity contribution >= 4 is 17.5 Å². The number of carbonyl (C=O) groups excluding carboxylic acids is 1.